The molecule has 1 unspecified atom stereocenters. The lowest BCUT2D eigenvalue weighted by molar-refractivity contribution is -0.122. The van der Waals surface area contributed by atoms with E-state index in [4.69, 9.17) is 9.47 Å². The number of carbonyl (C=O) groups is 1. The van der Waals surface area contributed by atoms with Gasteiger partial charge in [-0.3, -0.25) is 4.79 Å². The molecule has 1 fully saturated rings. The van der Waals surface area contributed by atoms with Gasteiger partial charge in [0.05, 0.1) is 19.6 Å². The van der Waals surface area contributed by atoms with Crippen molar-refractivity contribution in [3.63, 3.8) is 0 Å². The fourth-order valence-corrected chi connectivity index (χ4v) is 1.90. The molecule has 0 spiro atoms. The lowest BCUT2D eigenvalue weighted by Crippen LogP contribution is -2.43. The smallest absolute Gasteiger partial charge is 0.223 e. The summed E-state index contributed by atoms with van der Waals surface area (Å²) in [5.74, 6) is -0.574. The number of halogens is 1. The Bertz CT molecular complexity index is 460. The van der Waals surface area contributed by atoms with Gasteiger partial charge in [0.1, 0.15) is 5.60 Å². The fourth-order valence-electron chi connectivity index (χ4n) is 1.90. The van der Waals surface area contributed by atoms with E-state index in [0.717, 1.165) is 0 Å². The number of carbonyl (C=O) groups excluding carboxylic acids is 1. The Morgan fingerprint density at radius 3 is 3.00 bits per heavy atom. The van der Waals surface area contributed by atoms with Crippen LogP contribution in [0.4, 0.5) is 4.39 Å². The van der Waals surface area contributed by atoms with Gasteiger partial charge in [0.2, 0.25) is 5.91 Å². The van der Waals surface area contributed by atoms with Crippen molar-refractivity contribution in [3.05, 3.63) is 30.1 Å². The molecule has 0 saturated carbocycles. The number of benzene rings is 1. The number of rotatable bonds is 6. The molecule has 1 aromatic rings. The lowest BCUT2D eigenvalue weighted by Gasteiger charge is -2.20. The molecule has 1 aliphatic heterocycles. The third kappa shape index (κ3) is 4.18. The molecule has 0 aliphatic carbocycles. The van der Waals surface area contributed by atoms with E-state index in [9.17, 15) is 14.3 Å². The highest BCUT2D eigenvalue weighted by Crippen LogP contribution is 2.17. The Balaban J connectivity index is 1.67. The number of nitrogens with one attached hydrogen (secondary N) is 1. The molecule has 2 rings (SSSR count). The number of hydrogen-bond donors (Lipinski definition) is 2. The number of aliphatic hydroxyl groups is 1. The molecule has 1 saturated heterocycles. The van der Waals surface area contributed by atoms with E-state index in [-0.39, 0.29) is 37.8 Å². The van der Waals surface area contributed by atoms with Crippen molar-refractivity contribution >= 4 is 5.91 Å². The zero-order chi connectivity index (χ0) is 14.4. The molecular formula is C14H18FNO4. The first-order valence-electron chi connectivity index (χ1n) is 6.53. The Labute approximate surface area is 116 Å². The standard InChI is InChI=1S/C14H18FNO4/c15-11-3-1-2-4-12(11)20-7-5-13(17)16-9-14(18)6-8-19-10-14/h1-4,18H,5-10H2,(H,16,17). The van der Waals surface area contributed by atoms with Gasteiger partial charge >= 0.3 is 0 Å². The molecule has 20 heavy (non-hydrogen) atoms. The minimum absolute atomic E-state index is 0.0850. The van der Waals surface area contributed by atoms with Crippen LogP contribution in [0.15, 0.2) is 24.3 Å². The van der Waals surface area contributed by atoms with E-state index in [1.807, 2.05) is 0 Å². The largest absolute Gasteiger partial charge is 0.490 e. The zero-order valence-corrected chi connectivity index (χ0v) is 11.1. The molecule has 1 aliphatic rings. The fraction of sp³-hybridized carbons (Fsp3) is 0.500. The third-order valence-electron chi connectivity index (χ3n) is 3.12. The summed E-state index contributed by atoms with van der Waals surface area (Å²) in [5, 5.41) is 12.6. The summed E-state index contributed by atoms with van der Waals surface area (Å²) in [7, 11) is 0. The zero-order valence-electron chi connectivity index (χ0n) is 11.1. The first-order chi connectivity index (χ1) is 9.59. The Morgan fingerprint density at radius 1 is 1.50 bits per heavy atom. The van der Waals surface area contributed by atoms with Gasteiger partial charge in [0, 0.05) is 19.6 Å². The molecule has 0 bridgehead atoms. The maximum absolute atomic E-state index is 13.2. The van der Waals surface area contributed by atoms with E-state index in [2.05, 4.69) is 5.32 Å². The van der Waals surface area contributed by atoms with Crippen molar-refractivity contribution in [3.8, 4) is 5.75 Å². The molecule has 1 amide bonds. The molecule has 2 N–H and O–H groups in total. The minimum Gasteiger partial charge on any atom is -0.490 e. The minimum atomic E-state index is -0.970. The molecule has 5 nitrogen and oxygen atoms in total. The predicted octanol–water partition coefficient (Wildman–Crippen LogP) is 0.862. The molecule has 1 heterocycles. The van der Waals surface area contributed by atoms with Crippen LogP contribution >= 0.6 is 0 Å². The summed E-state index contributed by atoms with van der Waals surface area (Å²) >= 11 is 0. The molecule has 0 radical (unpaired) electrons. The van der Waals surface area contributed by atoms with Gasteiger partial charge in [0.25, 0.3) is 0 Å². The maximum Gasteiger partial charge on any atom is 0.223 e. The second-order valence-corrected chi connectivity index (χ2v) is 4.83. The van der Waals surface area contributed by atoms with Crippen LogP contribution in [-0.2, 0) is 9.53 Å². The summed E-state index contributed by atoms with van der Waals surface area (Å²) in [6, 6.07) is 6.03. The molecule has 6 heteroatoms. The van der Waals surface area contributed by atoms with Crippen LogP contribution in [0.25, 0.3) is 0 Å². The van der Waals surface area contributed by atoms with E-state index in [1.165, 1.54) is 12.1 Å². The van der Waals surface area contributed by atoms with Crippen molar-refractivity contribution in [2.75, 3.05) is 26.4 Å². The van der Waals surface area contributed by atoms with Gasteiger partial charge in [-0.15, -0.1) is 0 Å². The van der Waals surface area contributed by atoms with Crippen LogP contribution in [0.2, 0.25) is 0 Å². The van der Waals surface area contributed by atoms with Gasteiger partial charge in [-0.1, -0.05) is 12.1 Å². The number of ether oxygens (including phenoxy) is 2. The van der Waals surface area contributed by atoms with Crippen molar-refractivity contribution in [1.82, 2.24) is 5.32 Å². The van der Waals surface area contributed by atoms with Crippen LogP contribution in [0.1, 0.15) is 12.8 Å². The van der Waals surface area contributed by atoms with Crippen LogP contribution < -0.4 is 10.1 Å². The summed E-state index contributed by atoms with van der Waals surface area (Å²) in [6.07, 6.45) is 0.615. The summed E-state index contributed by atoms with van der Waals surface area (Å²) < 4.78 is 23.5. The summed E-state index contributed by atoms with van der Waals surface area (Å²) in [4.78, 5) is 11.6. The Morgan fingerprint density at radius 2 is 2.30 bits per heavy atom. The molecule has 1 aromatic carbocycles. The first-order valence-corrected chi connectivity index (χ1v) is 6.53. The summed E-state index contributed by atoms with van der Waals surface area (Å²) in [6.45, 7) is 0.981. The second-order valence-electron chi connectivity index (χ2n) is 4.83. The van der Waals surface area contributed by atoms with Crippen molar-refractivity contribution in [2.45, 2.75) is 18.4 Å². The predicted molar refractivity (Wildman–Crippen MR) is 69.9 cm³/mol. The number of para-hydroxylation sites is 1. The first kappa shape index (κ1) is 14.7. The van der Waals surface area contributed by atoms with Crippen molar-refractivity contribution < 1.29 is 23.8 Å². The Kier molecular flexibility index (Phi) is 4.92. The second kappa shape index (κ2) is 6.67. The van der Waals surface area contributed by atoms with Crippen LogP contribution in [-0.4, -0.2) is 43.0 Å². The highest BCUT2D eigenvalue weighted by molar-refractivity contribution is 5.76. The average molecular weight is 283 g/mol. The van der Waals surface area contributed by atoms with Crippen molar-refractivity contribution in [2.24, 2.45) is 0 Å². The van der Waals surface area contributed by atoms with Crippen LogP contribution in [0.5, 0.6) is 5.75 Å². The topological polar surface area (TPSA) is 67.8 Å². The van der Waals surface area contributed by atoms with E-state index in [1.54, 1.807) is 12.1 Å². The SMILES string of the molecule is O=C(CCOc1ccccc1F)NCC1(O)CCOC1. The molecule has 110 valence electrons. The molecule has 0 aromatic heterocycles. The van der Waals surface area contributed by atoms with E-state index in [0.29, 0.717) is 13.0 Å². The van der Waals surface area contributed by atoms with E-state index < -0.39 is 11.4 Å². The number of hydrogen-bond acceptors (Lipinski definition) is 4. The number of amides is 1. The average Bonchev–Trinajstić information content (AvgIpc) is 2.86. The van der Waals surface area contributed by atoms with Crippen LogP contribution in [0, 0.1) is 5.82 Å². The van der Waals surface area contributed by atoms with Crippen molar-refractivity contribution in [1.29, 1.82) is 0 Å². The quantitative estimate of drug-likeness (QED) is 0.812. The Hall–Kier alpha value is -1.66. The van der Waals surface area contributed by atoms with Crippen LogP contribution in [0.3, 0.4) is 0 Å². The highest BCUT2D eigenvalue weighted by Gasteiger charge is 2.32. The van der Waals surface area contributed by atoms with Gasteiger partial charge in [0.15, 0.2) is 11.6 Å². The van der Waals surface area contributed by atoms with Gasteiger partial charge in [-0.25, -0.2) is 4.39 Å². The maximum atomic E-state index is 13.2. The third-order valence-corrected chi connectivity index (χ3v) is 3.12. The summed E-state index contributed by atoms with van der Waals surface area (Å²) in [5.41, 5.74) is -0.970. The highest BCUT2D eigenvalue weighted by atomic mass is 19.1. The molecule has 1 atom stereocenters. The van der Waals surface area contributed by atoms with Gasteiger partial charge in [-0.05, 0) is 12.1 Å². The van der Waals surface area contributed by atoms with Gasteiger partial charge < -0.3 is 19.9 Å². The monoisotopic (exact) mass is 283 g/mol. The molecular weight excluding hydrogens is 265 g/mol. The van der Waals surface area contributed by atoms with Gasteiger partial charge in [-0.2, -0.15) is 0 Å². The normalized spacial score (nSPS) is 21.7. The lowest BCUT2D eigenvalue weighted by atomic mass is 10.0. The van der Waals surface area contributed by atoms with E-state index >= 15 is 0 Å².